The number of carbonyl (C=O) groups excluding carboxylic acids is 2. The van der Waals surface area contributed by atoms with Crippen molar-refractivity contribution < 1.29 is 27.5 Å². The number of alkyl halides is 3. The number of hydrogen-bond acceptors (Lipinski definition) is 4. The molecule has 2 aromatic rings. The summed E-state index contributed by atoms with van der Waals surface area (Å²) in [7, 11) is 1.47. The van der Waals surface area contributed by atoms with Gasteiger partial charge in [-0.25, -0.2) is 0 Å². The maximum atomic E-state index is 13.7. The number of methoxy groups -OCH3 is 1. The van der Waals surface area contributed by atoms with E-state index in [0.717, 1.165) is 36.9 Å². The summed E-state index contributed by atoms with van der Waals surface area (Å²) in [5.41, 5.74) is -1.19. The van der Waals surface area contributed by atoms with Gasteiger partial charge in [-0.1, -0.05) is 12.1 Å². The fourth-order valence-electron chi connectivity index (χ4n) is 4.24. The van der Waals surface area contributed by atoms with E-state index >= 15 is 0 Å². The van der Waals surface area contributed by atoms with Gasteiger partial charge in [0.2, 0.25) is 5.91 Å². The Balaban J connectivity index is 0.00000456. The maximum Gasteiger partial charge on any atom is 0.418 e. The number of benzene rings is 2. The molecule has 0 aliphatic carbocycles. The van der Waals surface area contributed by atoms with Gasteiger partial charge < -0.3 is 15.0 Å². The summed E-state index contributed by atoms with van der Waals surface area (Å²) in [6.07, 6.45) is -2.82. The van der Waals surface area contributed by atoms with Gasteiger partial charge in [-0.3, -0.25) is 14.5 Å². The number of amides is 2. The molecule has 0 aromatic heterocycles. The summed E-state index contributed by atoms with van der Waals surface area (Å²) < 4.78 is 46.3. The Morgan fingerprint density at radius 1 is 1.08 bits per heavy atom. The quantitative estimate of drug-likeness (QED) is 0.524. The molecule has 36 heavy (non-hydrogen) atoms. The van der Waals surface area contributed by atoms with Crippen LogP contribution in [-0.2, 0) is 11.0 Å². The van der Waals surface area contributed by atoms with Crippen LogP contribution in [0.2, 0.25) is 0 Å². The average Bonchev–Trinajstić information content (AvgIpc) is 2.85. The zero-order chi connectivity index (χ0) is 25.6. The van der Waals surface area contributed by atoms with E-state index in [9.17, 15) is 22.8 Å². The summed E-state index contributed by atoms with van der Waals surface area (Å²) >= 11 is 0. The van der Waals surface area contributed by atoms with Crippen LogP contribution in [0, 0.1) is 5.92 Å². The summed E-state index contributed by atoms with van der Waals surface area (Å²) in [5.74, 6) is -0.410. The molecule has 198 valence electrons. The largest absolute Gasteiger partial charge is 0.497 e. The van der Waals surface area contributed by atoms with Crippen LogP contribution in [0.5, 0.6) is 5.75 Å². The number of nitrogens with one attached hydrogen (secondary N) is 1. The van der Waals surface area contributed by atoms with Crippen LogP contribution in [0.3, 0.4) is 0 Å². The molecule has 1 N–H and O–H groups in total. The van der Waals surface area contributed by atoms with Gasteiger partial charge in [0.05, 0.1) is 18.4 Å². The standard InChI is InChI=1S/C26H32F3N3O3.ClH/c1-18(2)31-14-12-19(13-15-31)16-30-24(33)17-32(23-7-5-4-6-22(23)26(27,28)29)25(34)20-8-10-21(35-3)11-9-20;/h4-11,18-19H,12-17H2,1-3H3,(H,30,33);1H. The molecule has 0 atom stereocenters. The zero-order valence-electron chi connectivity index (χ0n) is 20.7. The molecule has 0 saturated carbocycles. The number of likely N-dealkylation sites (tertiary alicyclic amines) is 1. The highest BCUT2D eigenvalue weighted by Gasteiger charge is 2.36. The number of anilines is 1. The molecule has 0 radical (unpaired) electrons. The van der Waals surface area contributed by atoms with Gasteiger partial charge >= 0.3 is 6.18 Å². The predicted octanol–water partition coefficient (Wildman–Crippen LogP) is 5.02. The van der Waals surface area contributed by atoms with Crippen molar-refractivity contribution in [2.75, 3.05) is 38.2 Å². The smallest absolute Gasteiger partial charge is 0.418 e. The Kier molecular flexibility index (Phi) is 10.6. The molecule has 3 rings (SSSR count). The van der Waals surface area contributed by atoms with Gasteiger partial charge in [0.15, 0.2) is 0 Å². The Morgan fingerprint density at radius 3 is 2.25 bits per heavy atom. The second-order valence-electron chi connectivity index (χ2n) is 9.01. The topological polar surface area (TPSA) is 61.9 Å². The third-order valence-corrected chi connectivity index (χ3v) is 6.35. The van der Waals surface area contributed by atoms with Gasteiger partial charge in [-0.15, -0.1) is 12.4 Å². The minimum atomic E-state index is -4.68. The van der Waals surface area contributed by atoms with E-state index in [1.165, 1.54) is 37.4 Å². The SMILES string of the molecule is COc1ccc(C(=O)N(CC(=O)NCC2CCN(C(C)C)CC2)c2ccccc2C(F)(F)F)cc1.Cl. The number of para-hydroxylation sites is 1. The van der Waals surface area contributed by atoms with Crippen molar-refractivity contribution in [3.05, 3.63) is 59.7 Å². The number of carbonyl (C=O) groups is 2. The molecule has 6 nitrogen and oxygen atoms in total. The second kappa shape index (κ2) is 13.0. The minimum absolute atomic E-state index is 0. The lowest BCUT2D eigenvalue weighted by Crippen LogP contribution is -2.45. The third-order valence-electron chi connectivity index (χ3n) is 6.35. The van der Waals surface area contributed by atoms with E-state index in [1.54, 1.807) is 12.1 Å². The normalized spacial score (nSPS) is 14.8. The lowest BCUT2D eigenvalue weighted by Gasteiger charge is -2.34. The molecule has 1 fully saturated rings. The first kappa shape index (κ1) is 29.5. The Hall–Kier alpha value is -2.78. The van der Waals surface area contributed by atoms with Crippen molar-refractivity contribution in [1.29, 1.82) is 0 Å². The third kappa shape index (κ3) is 7.61. The maximum absolute atomic E-state index is 13.7. The molecular formula is C26H33ClF3N3O3. The van der Waals surface area contributed by atoms with Gasteiger partial charge in [-0.05, 0) is 82.1 Å². The van der Waals surface area contributed by atoms with E-state index in [1.807, 2.05) is 0 Å². The van der Waals surface area contributed by atoms with Crippen molar-refractivity contribution >= 4 is 29.9 Å². The molecule has 0 bridgehead atoms. The summed E-state index contributed by atoms with van der Waals surface area (Å²) in [6, 6.07) is 11.3. The molecule has 2 aromatic carbocycles. The Bertz CT molecular complexity index is 1010. The highest BCUT2D eigenvalue weighted by molar-refractivity contribution is 6.09. The molecule has 0 unspecified atom stereocenters. The second-order valence-corrected chi connectivity index (χ2v) is 9.01. The Morgan fingerprint density at radius 2 is 1.69 bits per heavy atom. The first-order valence-corrected chi connectivity index (χ1v) is 11.7. The number of nitrogens with zero attached hydrogens (tertiary/aromatic N) is 2. The van der Waals surface area contributed by atoms with E-state index in [0.29, 0.717) is 24.3 Å². The monoisotopic (exact) mass is 527 g/mol. The van der Waals surface area contributed by atoms with Crippen LogP contribution in [0.4, 0.5) is 18.9 Å². The molecule has 1 aliphatic rings. The number of piperidine rings is 1. The number of ether oxygens (including phenoxy) is 1. The van der Waals surface area contributed by atoms with Crippen LogP contribution >= 0.6 is 12.4 Å². The highest BCUT2D eigenvalue weighted by atomic mass is 35.5. The molecule has 10 heteroatoms. The molecule has 2 amide bonds. The molecule has 0 spiro atoms. The van der Waals surface area contributed by atoms with Crippen molar-refractivity contribution in [3.8, 4) is 5.75 Å². The van der Waals surface area contributed by atoms with Crippen molar-refractivity contribution in [1.82, 2.24) is 10.2 Å². The van der Waals surface area contributed by atoms with E-state index < -0.39 is 30.1 Å². The average molecular weight is 528 g/mol. The fourth-order valence-corrected chi connectivity index (χ4v) is 4.24. The van der Waals surface area contributed by atoms with Gasteiger partial charge in [0.1, 0.15) is 12.3 Å². The zero-order valence-corrected chi connectivity index (χ0v) is 21.5. The van der Waals surface area contributed by atoms with E-state index in [-0.39, 0.29) is 23.7 Å². The lowest BCUT2D eigenvalue weighted by atomic mass is 9.96. The molecular weight excluding hydrogens is 495 g/mol. The number of hydrogen-bond donors (Lipinski definition) is 1. The van der Waals surface area contributed by atoms with Crippen LogP contribution in [0.1, 0.15) is 42.6 Å². The highest BCUT2D eigenvalue weighted by Crippen LogP contribution is 2.37. The van der Waals surface area contributed by atoms with Crippen LogP contribution in [-0.4, -0.2) is 56.0 Å². The summed E-state index contributed by atoms with van der Waals surface area (Å²) in [4.78, 5) is 29.4. The molecule has 1 aliphatic heterocycles. The van der Waals surface area contributed by atoms with Gasteiger partial charge in [0.25, 0.3) is 5.91 Å². The van der Waals surface area contributed by atoms with Gasteiger partial charge in [-0.2, -0.15) is 13.2 Å². The number of halogens is 4. The first-order chi connectivity index (χ1) is 16.6. The lowest BCUT2D eigenvalue weighted by molar-refractivity contribution is -0.137. The van der Waals surface area contributed by atoms with Crippen LogP contribution in [0.15, 0.2) is 48.5 Å². The molecule has 1 heterocycles. The first-order valence-electron chi connectivity index (χ1n) is 11.7. The fraction of sp³-hybridized carbons (Fsp3) is 0.462. The minimum Gasteiger partial charge on any atom is -0.497 e. The van der Waals surface area contributed by atoms with Crippen molar-refractivity contribution in [2.24, 2.45) is 5.92 Å². The van der Waals surface area contributed by atoms with Gasteiger partial charge in [0, 0.05) is 18.2 Å². The van der Waals surface area contributed by atoms with Crippen molar-refractivity contribution in [2.45, 2.75) is 38.9 Å². The van der Waals surface area contributed by atoms with Crippen LogP contribution < -0.4 is 15.0 Å². The van der Waals surface area contributed by atoms with E-state index in [4.69, 9.17) is 4.74 Å². The number of rotatable bonds is 8. The van der Waals surface area contributed by atoms with Crippen molar-refractivity contribution in [3.63, 3.8) is 0 Å². The molecule has 1 saturated heterocycles. The summed E-state index contributed by atoms with van der Waals surface area (Å²) in [6.45, 7) is 6.09. The van der Waals surface area contributed by atoms with E-state index in [2.05, 4.69) is 24.1 Å². The Labute approximate surface area is 216 Å². The van der Waals surface area contributed by atoms with Crippen LogP contribution in [0.25, 0.3) is 0 Å². The predicted molar refractivity (Wildman–Crippen MR) is 136 cm³/mol. The summed E-state index contributed by atoms with van der Waals surface area (Å²) in [5, 5.41) is 2.83.